The number of hydrogen-bond acceptors (Lipinski definition) is 4. The largest absolute Gasteiger partial charge is 0.345 e. The highest BCUT2D eigenvalue weighted by molar-refractivity contribution is 6.35. The van der Waals surface area contributed by atoms with Gasteiger partial charge in [0.1, 0.15) is 0 Å². The zero-order valence-corrected chi connectivity index (χ0v) is 17.1. The van der Waals surface area contributed by atoms with Crippen LogP contribution in [-0.2, 0) is 22.6 Å². The fraction of sp³-hybridized carbons (Fsp3) is 0.435. The molecule has 3 rings (SSSR count). The third-order valence-corrected chi connectivity index (χ3v) is 5.45. The zero-order chi connectivity index (χ0) is 20.5. The molecule has 0 unspecified atom stereocenters. The van der Waals surface area contributed by atoms with Gasteiger partial charge in [0.25, 0.3) is 0 Å². The van der Waals surface area contributed by atoms with Crippen LogP contribution in [0, 0.1) is 0 Å². The van der Waals surface area contributed by atoms with Gasteiger partial charge in [-0.2, -0.15) is 0 Å². The molecule has 1 fully saturated rings. The third-order valence-electron chi connectivity index (χ3n) is 5.45. The number of pyridine rings is 1. The Hall–Kier alpha value is -2.73. The lowest BCUT2D eigenvalue weighted by atomic mass is 10.0. The number of carbonyl (C=O) groups is 2. The van der Waals surface area contributed by atoms with Crippen LogP contribution in [0.15, 0.2) is 54.9 Å². The summed E-state index contributed by atoms with van der Waals surface area (Å²) >= 11 is 0. The van der Waals surface area contributed by atoms with E-state index >= 15 is 0 Å². The molecular formula is C23H30N4O2. The lowest BCUT2D eigenvalue weighted by Crippen LogP contribution is -2.50. The second-order valence-corrected chi connectivity index (χ2v) is 7.50. The molecule has 0 aliphatic carbocycles. The molecule has 0 bridgehead atoms. The molecule has 29 heavy (non-hydrogen) atoms. The molecule has 0 spiro atoms. The summed E-state index contributed by atoms with van der Waals surface area (Å²) in [4.78, 5) is 33.0. The van der Waals surface area contributed by atoms with E-state index in [2.05, 4.69) is 39.5 Å². The zero-order valence-electron chi connectivity index (χ0n) is 17.1. The highest BCUT2D eigenvalue weighted by atomic mass is 16.2. The van der Waals surface area contributed by atoms with E-state index in [1.165, 1.54) is 5.56 Å². The number of amides is 2. The molecule has 1 N–H and O–H groups in total. The van der Waals surface area contributed by atoms with Crippen LogP contribution in [0.2, 0.25) is 0 Å². The molecule has 2 aromatic rings. The van der Waals surface area contributed by atoms with Gasteiger partial charge >= 0.3 is 11.8 Å². The monoisotopic (exact) mass is 394 g/mol. The minimum absolute atomic E-state index is 0.0670. The van der Waals surface area contributed by atoms with Crippen LogP contribution in [0.4, 0.5) is 0 Å². The van der Waals surface area contributed by atoms with Gasteiger partial charge in [-0.25, -0.2) is 0 Å². The summed E-state index contributed by atoms with van der Waals surface area (Å²) < 4.78 is 0. The number of likely N-dealkylation sites (N-methyl/N-ethyl adjacent to an activating group) is 1. The third kappa shape index (κ3) is 6.39. The smallest absolute Gasteiger partial charge is 0.311 e. The highest BCUT2D eigenvalue weighted by Crippen LogP contribution is 2.14. The first-order valence-electron chi connectivity index (χ1n) is 10.4. The Kier molecular flexibility index (Phi) is 7.76. The van der Waals surface area contributed by atoms with E-state index in [0.29, 0.717) is 19.5 Å². The molecule has 1 aliphatic rings. The Bertz CT molecular complexity index is 774. The average Bonchev–Trinajstić information content (AvgIpc) is 2.77. The van der Waals surface area contributed by atoms with Gasteiger partial charge < -0.3 is 10.2 Å². The molecule has 1 aromatic heterocycles. The van der Waals surface area contributed by atoms with Crippen LogP contribution < -0.4 is 5.32 Å². The maximum atomic E-state index is 12.6. The normalized spacial score (nSPS) is 15.1. The lowest BCUT2D eigenvalue weighted by molar-refractivity contribution is -0.146. The molecule has 1 aromatic carbocycles. The van der Waals surface area contributed by atoms with Crippen molar-refractivity contribution >= 4 is 11.8 Å². The predicted octanol–water partition coefficient (Wildman–Crippen LogP) is 2.25. The van der Waals surface area contributed by atoms with E-state index in [0.717, 1.165) is 38.0 Å². The van der Waals surface area contributed by atoms with E-state index in [4.69, 9.17) is 0 Å². The summed E-state index contributed by atoms with van der Waals surface area (Å²) in [6, 6.07) is 14.3. The maximum Gasteiger partial charge on any atom is 0.311 e. The average molecular weight is 395 g/mol. The van der Waals surface area contributed by atoms with E-state index in [-0.39, 0.29) is 6.04 Å². The number of carbonyl (C=O) groups excluding carboxylic acids is 2. The number of aromatic nitrogens is 1. The van der Waals surface area contributed by atoms with Gasteiger partial charge in [0.2, 0.25) is 0 Å². The first kappa shape index (κ1) is 21.0. The molecule has 1 aliphatic heterocycles. The summed E-state index contributed by atoms with van der Waals surface area (Å²) in [5.41, 5.74) is 2.41. The molecule has 0 radical (unpaired) electrons. The van der Waals surface area contributed by atoms with Crippen LogP contribution in [0.5, 0.6) is 0 Å². The van der Waals surface area contributed by atoms with Crippen molar-refractivity contribution in [2.75, 3.05) is 26.2 Å². The Balaban J connectivity index is 1.42. The van der Waals surface area contributed by atoms with Crippen LogP contribution in [0.1, 0.15) is 30.9 Å². The number of piperidine rings is 1. The second-order valence-electron chi connectivity index (χ2n) is 7.50. The fourth-order valence-electron chi connectivity index (χ4n) is 3.68. The lowest BCUT2D eigenvalue weighted by Gasteiger charge is -2.32. The first-order valence-corrected chi connectivity index (χ1v) is 10.4. The minimum Gasteiger partial charge on any atom is -0.345 e. The molecular weight excluding hydrogens is 364 g/mol. The van der Waals surface area contributed by atoms with E-state index in [1.54, 1.807) is 17.3 Å². The Morgan fingerprint density at radius 2 is 1.76 bits per heavy atom. The molecule has 1 saturated heterocycles. The number of hydrogen-bond donors (Lipinski definition) is 1. The second kappa shape index (κ2) is 10.7. The van der Waals surface area contributed by atoms with E-state index in [1.807, 2.05) is 25.1 Å². The van der Waals surface area contributed by atoms with Gasteiger partial charge in [-0.05, 0) is 49.4 Å². The standard InChI is InChI=1S/C23H30N4O2/c1-2-27(17-10-19-8-13-24-14-9-19)23(29)22(28)25-21-11-15-26(16-12-21)18-20-6-4-3-5-7-20/h3-9,13-14,21H,2,10-12,15-18H2,1H3,(H,25,28). The van der Waals surface area contributed by atoms with Gasteiger partial charge in [-0.1, -0.05) is 30.3 Å². The summed E-state index contributed by atoms with van der Waals surface area (Å²) in [6.07, 6.45) is 5.94. The van der Waals surface area contributed by atoms with Crippen LogP contribution >= 0.6 is 0 Å². The summed E-state index contributed by atoms with van der Waals surface area (Å²) in [6.45, 7) is 5.73. The number of nitrogens with one attached hydrogen (secondary N) is 1. The van der Waals surface area contributed by atoms with Gasteiger partial charge in [0, 0.05) is 51.2 Å². The SMILES string of the molecule is CCN(CCc1ccncc1)C(=O)C(=O)NC1CCN(Cc2ccccc2)CC1. The van der Waals surface area contributed by atoms with Crippen LogP contribution in [-0.4, -0.2) is 58.8 Å². The van der Waals surface area contributed by atoms with Gasteiger partial charge in [0.05, 0.1) is 0 Å². The van der Waals surface area contributed by atoms with Crippen molar-refractivity contribution in [3.63, 3.8) is 0 Å². The predicted molar refractivity (Wildman–Crippen MR) is 113 cm³/mol. The van der Waals surface area contributed by atoms with Crippen molar-refractivity contribution < 1.29 is 9.59 Å². The Labute approximate surface area is 172 Å². The van der Waals surface area contributed by atoms with Gasteiger partial charge in [0.15, 0.2) is 0 Å². The number of nitrogens with zero attached hydrogens (tertiary/aromatic N) is 3. The highest BCUT2D eigenvalue weighted by Gasteiger charge is 2.26. The summed E-state index contributed by atoms with van der Waals surface area (Å²) in [5, 5.41) is 2.95. The van der Waals surface area contributed by atoms with Crippen molar-refractivity contribution in [1.82, 2.24) is 20.1 Å². The summed E-state index contributed by atoms with van der Waals surface area (Å²) in [7, 11) is 0. The topological polar surface area (TPSA) is 65.5 Å². The molecule has 0 atom stereocenters. The van der Waals surface area contributed by atoms with Crippen molar-refractivity contribution in [3.05, 3.63) is 66.0 Å². The van der Waals surface area contributed by atoms with E-state index < -0.39 is 11.8 Å². The Morgan fingerprint density at radius 1 is 1.07 bits per heavy atom. The summed E-state index contributed by atoms with van der Waals surface area (Å²) in [5.74, 6) is -0.920. The molecule has 2 heterocycles. The van der Waals surface area contributed by atoms with Crippen molar-refractivity contribution in [3.8, 4) is 0 Å². The molecule has 0 saturated carbocycles. The van der Waals surface area contributed by atoms with Crippen LogP contribution in [0.3, 0.4) is 0 Å². The number of likely N-dealkylation sites (tertiary alicyclic amines) is 1. The molecule has 6 nitrogen and oxygen atoms in total. The minimum atomic E-state index is -0.483. The van der Waals surface area contributed by atoms with Crippen LogP contribution in [0.25, 0.3) is 0 Å². The molecule has 6 heteroatoms. The number of rotatable bonds is 7. The Morgan fingerprint density at radius 3 is 2.41 bits per heavy atom. The van der Waals surface area contributed by atoms with Gasteiger partial charge in [-0.3, -0.25) is 19.5 Å². The molecule has 154 valence electrons. The number of benzene rings is 1. The quantitative estimate of drug-likeness (QED) is 0.732. The van der Waals surface area contributed by atoms with E-state index in [9.17, 15) is 9.59 Å². The van der Waals surface area contributed by atoms with Crippen molar-refractivity contribution in [1.29, 1.82) is 0 Å². The fourth-order valence-corrected chi connectivity index (χ4v) is 3.68. The van der Waals surface area contributed by atoms with Crippen molar-refractivity contribution in [2.24, 2.45) is 0 Å². The molecule has 2 amide bonds. The maximum absolute atomic E-state index is 12.6. The van der Waals surface area contributed by atoms with Crippen molar-refractivity contribution in [2.45, 2.75) is 38.8 Å². The van der Waals surface area contributed by atoms with Gasteiger partial charge in [-0.15, -0.1) is 0 Å². The first-order chi connectivity index (χ1) is 14.2.